The van der Waals surface area contributed by atoms with Gasteiger partial charge in [0.1, 0.15) is 5.92 Å². The Balaban J connectivity index is 1.43. The largest absolute Gasteiger partial charge is 0.275 e. The summed E-state index contributed by atoms with van der Waals surface area (Å²) in [5.41, 5.74) is 2.73. The molecule has 2 fully saturated rings. The number of rotatable bonds is 4. The number of fused-ring (bicyclic) bond motifs is 3. The number of hydroxylamine groups is 1. The molecule has 0 aliphatic carbocycles. The Morgan fingerprint density at radius 2 is 1.22 bits per heavy atom. The van der Waals surface area contributed by atoms with E-state index in [1.807, 2.05) is 84.9 Å². The zero-order valence-electron chi connectivity index (χ0n) is 20.0. The van der Waals surface area contributed by atoms with Crippen LogP contribution in [0.4, 0.5) is 5.69 Å². The van der Waals surface area contributed by atoms with E-state index in [1.165, 1.54) is 4.90 Å². The number of amides is 2. The van der Waals surface area contributed by atoms with Crippen LogP contribution < -0.4 is 5.06 Å². The number of nitrogens with zero attached hydrogens (tertiary/aromatic N) is 2. The van der Waals surface area contributed by atoms with Crippen LogP contribution in [0.5, 0.6) is 0 Å². The Labute approximate surface area is 214 Å². The van der Waals surface area contributed by atoms with E-state index in [1.54, 1.807) is 5.06 Å². The predicted molar refractivity (Wildman–Crippen MR) is 143 cm³/mol. The second-order valence-electron chi connectivity index (χ2n) is 9.64. The van der Waals surface area contributed by atoms with Gasteiger partial charge in [-0.15, -0.1) is 0 Å². The molecule has 0 saturated carbocycles. The second kappa shape index (κ2) is 8.57. The van der Waals surface area contributed by atoms with Crippen molar-refractivity contribution in [1.82, 2.24) is 4.90 Å². The standard InChI is InChI=1S/C32H24N2O3/c35-31-28-29(27-25-17-9-7-13-22(25)19-23-14-8-10-18-26(23)27)34(24-15-5-2-6-16-24)37-30(28)32(36)33(31)20-21-11-3-1-4-12-21/h1-19,28-30H,20H2/t28-,29+,30-/m1/s1. The molecule has 3 atom stereocenters. The maximum Gasteiger partial charge on any atom is 0.262 e. The van der Waals surface area contributed by atoms with Gasteiger partial charge in [0.05, 0.1) is 18.3 Å². The summed E-state index contributed by atoms with van der Waals surface area (Å²) in [6, 6.07) is 37.5. The molecule has 0 spiro atoms. The highest BCUT2D eigenvalue weighted by atomic mass is 16.7. The summed E-state index contributed by atoms with van der Waals surface area (Å²) in [5.74, 6) is -1.14. The topological polar surface area (TPSA) is 49.9 Å². The van der Waals surface area contributed by atoms with Gasteiger partial charge in [-0.3, -0.25) is 19.3 Å². The monoisotopic (exact) mass is 484 g/mol. The van der Waals surface area contributed by atoms with Crippen LogP contribution in [-0.4, -0.2) is 22.8 Å². The summed E-state index contributed by atoms with van der Waals surface area (Å²) in [6.45, 7) is 0.239. The number of benzene rings is 5. The van der Waals surface area contributed by atoms with Gasteiger partial charge < -0.3 is 0 Å². The van der Waals surface area contributed by atoms with Crippen LogP contribution >= 0.6 is 0 Å². The van der Waals surface area contributed by atoms with Gasteiger partial charge in [0.25, 0.3) is 5.91 Å². The minimum Gasteiger partial charge on any atom is -0.275 e. The third-order valence-corrected chi connectivity index (χ3v) is 7.51. The number of hydrogen-bond acceptors (Lipinski definition) is 4. The Morgan fingerprint density at radius 1 is 0.649 bits per heavy atom. The highest BCUT2D eigenvalue weighted by Crippen LogP contribution is 2.50. The Hall–Kier alpha value is -4.48. The van der Waals surface area contributed by atoms with E-state index in [0.717, 1.165) is 38.4 Å². The van der Waals surface area contributed by atoms with Crippen LogP contribution in [-0.2, 0) is 21.0 Å². The lowest BCUT2D eigenvalue weighted by molar-refractivity contribution is -0.143. The molecule has 37 heavy (non-hydrogen) atoms. The van der Waals surface area contributed by atoms with Crippen LogP contribution in [0.15, 0.2) is 115 Å². The third-order valence-electron chi connectivity index (χ3n) is 7.51. The van der Waals surface area contributed by atoms with Crippen LogP contribution in [0.1, 0.15) is 17.2 Å². The van der Waals surface area contributed by atoms with E-state index >= 15 is 0 Å². The third kappa shape index (κ3) is 3.43. The van der Waals surface area contributed by atoms with E-state index in [4.69, 9.17) is 4.84 Å². The van der Waals surface area contributed by atoms with Crippen molar-refractivity contribution >= 4 is 39.0 Å². The van der Waals surface area contributed by atoms with E-state index in [-0.39, 0.29) is 18.4 Å². The lowest BCUT2D eigenvalue weighted by Gasteiger charge is -2.30. The first-order valence-electron chi connectivity index (χ1n) is 12.5. The van der Waals surface area contributed by atoms with Gasteiger partial charge in [0.2, 0.25) is 5.91 Å². The molecule has 2 aliphatic heterocycles. The van der Waals surface area contributed by atoms with Gasteiger partial charge in [0, 0.05) is 0 Å². The van der Waals surface area contributed by atoms with Crippen molar-refractivity contribution in [1.29, 1.82) is 0 Å². The first-order valence-corrected chi connectivity index (χ1v) is 12.5. The van der Waals surface area contributed by atoms with Crippen molar-refractivity contribution in [2.24, 2.45) is 5.92 Å². The second-order valence-corrected chi connectivity index (χ2v) is 9.64. The fourth-order valence-corrected chi connectivity index (χ4v) is 5.85. The predicted octanol–water partition coefficient (Wildman–Crippen LogP) is 6.04. The molecule has 5 aromatic carbocycles. The first kappa shape index (κ1) is 21.8. The molecule has 2 aliphatic rings. The van der Waals surface area contributed by atoms with E-state index in [9.17, 15) is 9.59 Å². The summed E-state index contributed by atoms with van der Waals surface area (Å²) in [7, 11) is 0. The molecule has 5 heteroatoms. The Kier molecular flexibility index (Phi) is 5.05. The van der Waals surface area contributed by atoms with Crippen LogP contribution in [0.2, 0.25) is 0 Å². The van der Waals surface area contributed by atoms with E-state index in [0.29, 0.717) is 0 Å². The summed E-state index contributed by atoms with van der Waals surface area (Å²) in [6.07, 6.45) is -0.876. The van der Waals surface area contributed by atoms with Crippen LogP contribution in [0, 0.1) is 5.92 Å². The molecule has 5 nitrogen and oxygen atoms in total. The SMILES string of the molecule is O=C1[C@H]2[C@@H](ON(c3ccccc3)[C@H]2c2c3ccccc3cc3ccccc23)C(=O)N1Cc1ccccc1. The molecule has 0 unspecified atom stereocenters. The first-order chi connectivity index (χ1) is 18.2. The summed E-state index contributed by atoms with van der Waals surface area (Å²) in [5, 5.41) is 6.08. The van der Waals surface area contributed by atoms with Crippen LogP contribution in [0.3, 0.4) is 0 Å². The number of hydrogen-bond donors (Lipinski definition) is 0. The fraction of sp³-hybridized carbons (Fsp3) is 0.125. The van der Waals surface area contributed by atoms with Crippen molar-refractivity contribution in [3.05, 3.63) is 126 Å². The number of carbonyl (C=O) groups is 2. The molecule has 2 saturated heterocycles. The molecular formula is C32H24N2O3. The quantitative estimate of drug-likeness (QED) is 0.231. The molecule has 2 heterocycles. The molecular weight excluding hydrogens is 460 g/mol. The zero-order chi connectivity index (χ0) is 24.9. The lowest BCUT2D eigenvalue weighted by atomic mass is 9.84. The minimum atomic E-state index is -0.876. The molecule has 180 valence electrons. The molecule has 0 N–H and O–H groups in total. The van der Waals surface area contributed by atoms with Crippen molar-refractivity contribution in [3.63, 3.8) is 0 Å². The van der Waals surface area contributed by atoms with Gasteiger partial charge in [0.15, 0.2) is 6.10 Å². The molecule has 2 amide bonds. The number of imide groups is 1. The van der Waals surface area contributed by atoms with Gasteiger partial charge in [-0.1, -0.05) is 97.1 Å². The summed E-state index contributed by atoms with van der Waals surface area (Å²) in [4.78, 5) is 35.4. The number of likely N-dealkylation sites (tertiary alicyclic amines) is 1. The summed E-state index contributed by atoms with van der Waals surface area (Å²) < 4.78 is 0. The maximum atomic E-state index is 14.0. The highest BCUT2D eigenvalue weighted by molar-refractivity contribution is 6.09. The van der Waals surface area contributed by atoms with Gasteiger partial charge in [-0.25, -0.2) is 5.06 Å². The van der Waals surface area contributed by atoms with E-state index < -0.39 is 18.1 Å². The number of anilines is 1. The average molecular weight is 485 g/mol. The Bertz CT molecular complexity index is 1600. The van der Waals surface area contributed by atoms with Crippen LogP contribution in [0.25, 0.3) is 21.5 Å². The average Bonchev–Trinajstić information content (AvgIpc) is 3.44. The van der Waals surface area contributed by atoms with Crippen molar-refractivity contribution < 1.29 is 14.4 Å². The zero-order valence-corrected chi connectivity index (χ0v) is 20.0. The minimum absolute atomic E-state index is 0.195. The lowest BCUT2D eigenvalue weighted by Crippen LogP contribution is -2.37. The highest BCUT2D eigenvalue weighted by Gasteiger charge is 2.60. The van der Waals surface area contributed by atoms with Gasteiger partial charge in [-0.2, -0.15) is 0 Å². The molecule has 7 rings (SSSR count). The van der Waals surface area contributed by atoms with Gasteiger partial charge in [-0.05, 0) is 50.9 Å². The molecule has 5 aromatic rings. The fourth-order valence-electron chi connectivity index (χ4n) is 5.85. The smallest absolute Gasteiger partial charge is 0.262 e. The van der Waals surface area contributed by atoms with Gasteiger partial charge >= 0.3 is 0 Å². The number of para-hydroxylation sites is 1. The molecule has 0 radical (unpaired) electrons. The number of carbonyl (C=O) groups excluding carboxylic acids is 2. The molecule has 0 aromatic heterocycles. The summed E-state index contributed by atoms with van der Waals surface area (Å²) >= 11 is 0. The normalized spacial score (nSPS) is 21.2. The molecule has 0 bridgehead atoms. The maximum absolute atomic E-state index is 14.0. The Morgan fingerprint density at radius 3 is 1.86 bits per heavy atom. The van der Waals surface area contributed by atoms with Crippen molar-refractivity contribution in [3.8, 4) is 0 Å². The van der Waals surface area contributed by atoms with Crippen molar-refractivity contribution in [2.45, 2.75) is 18.7 Å². The van der Waals surface area contributed by atoms with E-state index in [2.05, 4.69) is 30.3 Å². The van der Waals surface area contributed by atoms with Crippen molar-refractivity contribution in [2.75, 3.05) is 5.06 Å².